The van der Waals surface area contributed by atoms with Gasteiger partial charge in [0.2, 0.25) is 0 Å². The number of pyridine rings is 3. The Balaban J connectivity index is 1.14. The Labute approximate surface area is 347 Å². The fourth-order valence-electron chi connectivity index (χ4n) is 8.87. The highest BCUT2D eigenvalue weighted by atomic mass is 16.5. The second kappa shape index (κ2) is 17.4. The molecule has 3 aliphatic heterocycles. The molecule has 6 atom stereocenters. The van der Waals surface area contributed by atoms with Crippen molar-refractivity contribution in [2.75, 3.05) is 54.0 Å². The lowest BCUT2D eigenvalue weighted by Crippen LogP contribution is -2.51. The average Bonchev–Trinajstić information content (AvgIpc) is 3.14. The molecule has 0 radical (unpaired) electrons. The van der Waals surface area contributed by atoms with Crippen LogP contribution < -0.4 is 14.7 Å². The maximum Gasteiger partial charge on any atom is 0.354 e. The molecule has 3 saturated heterocycles. The van der Waals surface area contributed by atoms with Gasteiger partial charge in [-0.15, -0.1) is 0 Å². The van der Waals surface area contributed by atoms with E-state index < -0.39 is 5.97 Å². The summed E-state index contributed by atoms with van der Waals surface area (Å²) in [6.45, 7) is 30.3. The minimum absolute atomic E-state index is 0.00358. The van der Waals surface area contributed by atoms with Gasteiger partial charge in [-0.25, -0.2) is 19.7 Å². The van der Waals surface area contributed by atoms with Crippen LogP contribution in [0, 0.1) is 6.92 Å². The Bertz CT molecular complexity index is 1860. The van der Waals surface area contributed by atoms with Gasteiger partial charge in [-0.05, 0) is 103 Å². The van der Waals surface area contributed by atoms with E-state index in [1.165, 1.54) is 16.7 Å². The SMILES string of the molecule is Cc1cc(N2CC(C)OC(CCC3CN(c4ccc(C(C)(C)C)cn4)CC(CCC4CN(c5ccc(C(C)(C)C)c(C(=O)O)n5)CC(C)O4)O3)C2)ncc1C(C)(C)C. The number of carboxylic acids is 1. The molecule has 3 aromatic heterocycles. The van der Waals surface area contributed by atoms with Crippen LogP contribution in [0.1, 0.15) is 135 Å². The Hall–Kier alpha value is -3.80. The molecular weight excluding hydrogens is 729 g/mol. The summed E-state index contributed by atoms with van der Waals surface area (Å²) in [5.74, 6) is 1.68. The Morgan fingerprint density at radius 2 is 1.09 bits per heavy atom. The molecule has 3 aromatic rings. The first kappa shape index (κ1) is 43.8. The van der Waals surface area contributed by atoms with Gasteiger partial charge < -0.3 is 34.0 Å². The molecule has 11 heteroatoms. The number of nitrogens with zero attached hydrogens (tertiary/aromatic N) is 6. The molecule has 0 amide bonds. The minimum Gasteiger partial charge on any atom is -0.477 e. The molecule has 3 aliphatic rings. The molecule has 6 heterocycles. The number of aromatic carboxylic acids is 1. The van der Waals surface area contributed by atoms with Crippen LogP contribution in [0.3, 0.4) is 0 Å². The first-order valence-electron chi connectivity index (χ1n) is 21.5. The van der Waals surface area contributed by atoms with Gasteiger partial charge in [0, 0.05) is 51.7 Å². The second-order valence-corrected chi connectivity index (χ2v) is 20.3. The fourth-order valence-corrected chi connectivity index (χ4v) is 8.87. The van der Waals surface area contributed by atoms with Crippen LogP contribution in [0.4, 0.5) is 17.5 Å². The van der Waals surface area contributed by atoms with E-state index in [1.807, 2.05) is 39.1 Å². The molecule has 0 bridgehead atoms. The molecule has 0 aromatic carbocycles. The monoisotopic (exact) mass is 799 g/mol. The van der Waals surface area contributed by atoms with Crippen LogP contribution in [0.15, 0.2) is 42.7 Å². The first-order valence-corrected chi connectivity index (χ1v) is 21.5. The zero-order valence-electron chi connectivity index (χ0n) is 37.3. The van der Waals surface area contributed by atoms with Crippen LogP contribution in [-0.4, -0.2) is 102 Å². The largest absolute Gasteiger partial charge is 0.477 e. The maximum absolute atomic E-state index is 12.3. The van der Waals surface area contributed by atoms with Crippen molar-refractivity contribution in [3.63, 3.8) is 0 Å². The Morgan fingerprint density at radius 1 is 0.621 bits per heavy atom. The molecule has 0 saturated carbocycles. The quantitative estimate of drug-likeness (QED) is 0.213. The van der Waals surface area contributed by atoms with Gasteiger partial charge in [0.25, 0.3) is 0 Å². The predicted octanol–water partition coefficient (Wildman–Crippen LogP) is 8.49. The Morgan fingerprint density at radius 3 is 1.53 bits per heavy atom. The minimum atomic E-state index is -0.999. The number of carbonyl (C=O) groups is 1. The van der Waals surface area contributed by atoms with Gasteiger partial charge in [-0.3, -0.25) is 0 Å². The highest BCUT2D eigenvalue weighted by Crippen LogP contribution is 2.32. The van der Waals surface area contributed by atoms with Crippen molar-refractivity contribution in [1.82, 2.24) is 15.0 Å². The smallest absolute Gasteiger partial charge is 0.354 e. The summed E-state index contributed by atoms with van der Waals surface area (Å²) in [4.78, 5) is 33.8. The van der Waals surface area contributed by atoms with E-state index in [0.717, 1.165) is 69.1 Å². The molecule has 0 spiro atoms. The molecule has 58 heavy (non-hydrogen) atoms. The van der Waals surface area contributed by atoms with Gasteiger partial charge in [-0.1, -0.05) is 74.4 Å². The van der Waals surface area contributed by atoms with Crippen LogP contribution in [0.2, 0.25) is 0 Å². The zero-order chi connectivity index (χ0) is 42.2. The van der Waals surface area contributed by atoms with Crippen molar-refractivity contribution >= 4 is 23.4 Å². The van der Waals surface area contributed by atoms with E-state index in [2.05, 4.69) is 106 Å². The second-order valence-electron chi connectivity index (χ2n) is 20.3. The van der Waals surface area contributed by atoms with Gasteiger partial charge in [0.1, 0.15) is 17.5 Å². The third-order valence-electron chi connectivity index (χ3n) is 11.9. The molecule has 0 aliphatic carbocycles. The number of aromatic nitrogens is 3. The molecule has 11 nitrogen and oxygen atoms in total. The van der Waals surface area contributed by atoms with E-state index in [9.17, 15) is 9.90 Å². The van der Waals surface area contributed by atoms with Gasteiger partial charge >= 0.3 is 5.97 Å². The third kappa shape index (κ3) is 10.9. The Kier molecular flexibility index (Phi) is 13.2. The van der Waals surface area contributed by atoms with Crippen molar-refractivity contribution in [1.29, 1.82) is 0 Å². The third-order valence-corrected chi connectivity index (χ3v) is 11.9. The van der Waals surface area contributed by atoms with Crippen molar-refractivity contribution in [3.05, 3.63) is 70.7 Å². The molecule has 1 N–H and O–H groups in total. The van der Waals surface area contributed by atoms with Crippen LogP contribution in [0.25, 0.3) is 0 Å². The number of hydrogen-bond donors (Lipinski definition) is 1. The lowest BCUT2D eigenvalue weighted by Gasteiger charge is -2.42. The molecule has 6 rings (SSSR count). The number of rotatable bonds is 10. The average molecular weight is 799 g/mol. The lowest BCUT2D eigenvalue weighted by molar-refractivity contribution is -0.0662. The number of carboxylic acid groups (broad SMARTS) is 1. The van der Waals surface area contributed by atoms with Crippen LogP contribution in [0.5, 0.6) is 0 Å². The van der Waals surface area contributed by atoms with E-state index in [1.54, 1.807) is 0 Å². The van der Waals surface area contributed by atoms with Gasteiger partial charge in [0.15, 0.2) is 5.69 Å². The van der Waals surface area contributed by atoms with Crippen LogP contribution in [-0.2, 0) is 30.5 Å². The number of hydrogen-bond acceptors (Lipinski definition) is 10. The number of ether oxygens (including phenoxy) is 3. The highest BCUT2D eigenvalue weighted by molar-refractivity contribution is 5.88. The zero-order valence-corrected chi connectivity index (χ0v) is 37.3. The van der Waals surface area contributed by atoms with Crippen LogP contribution >= 0.6 is 0 Å². The maximum atomic E-state index is 12.3. The molecule has 318 valence electrons. The molecule has 6 unspecified atom stereocenters. The predicted molar refractivity (Wildman–Crippen MR) is 233 cm³/mol. The number of anilines is 3. The summed E-state index contributed by atoms with van der Waals surface area (Å²) in [6, 6.07) is 10.5. The summed E-state index contributed by atoms with van der Waals surface area (Å²) in [7, 11) is 0. The normalized spacial score (nSPS) is 24.9. The summed E-state index contributed by atoms with van der Waals surface area (Å²) in [6.07, 6.45) is 7.61. The standard InChI is InChI=1S/C47H70N6O5/c1-30-21-42(49-23-39(30)47(10,11)12)52-25-32(3)57-35(27-52)15-17-37-29-53(40-19-13-33(22-48-40)45(4,5)6)28-36(58-37)16-14-34-26-51(24-31(2)56-34)41-20-18-38(46(7,8)9)43(50-41)44(54)55/h13,18-23,31-32,34-37H,14-17,24-29H2,1-12H3,(H,54,55). The summed E-state index contributed by atoms with van der Waals surface area (Å²) < 4.78 is 20.0. The topological polar surface area (TPSA) is 113 Å². The number of aryl methyl sites for hydroxylation is 1. The first-order chi connectivity index (χ1) is 27.1. The van der Waals surface area contributed by atoms with Crippen molar-refractivity contribution in [2.24, 2.45) is 0 Å². The van der Waals surface area contributed by atoms with Crippen molar-refractivity contribution in [3.8, 4) is 0 Å². The molecule has 3 fully saturated rings. The number of morpholine rings is 3. The van der Waals surface area contributed by atoms with Crippen molar-refractivity contribution < 1.29 is 24.1 Å². The van der Waals surface area contributed by atoms with E-state index in [0.29, 0.717) is 18.9 Å². The van der Waals surface area contributed by atoms with Gasteiger partial charge in [0.05, 0.1) is 36.6 Å². The van der Waals surface area contributed by atoms with E-state index in [-0.39, 0.29) is 58.6 Å². The highest BCUT2D eigenvalue weighted by Gasteiger charge is 2.34. The summed E-state index contributed by atoms with van der Waals surface area (Å²) in [5.41, 5.74) is 4.39. The van der Waals surface area contributed by atoms with Gasteiger partial charge in [-0.2, -0.15) is 0 Å². The lowest BCUT2D eigenvalue weighted by atomic mass is 9.85. The van der Waals surface area contributed by atoms with E-state index >= 15 is 0 Å². The molecular formula is C47H70N6O5. The fraction of sp³-hybridized carbons (Fsp3) is 0.660. The summed E-state index contributed by atoms with van der Waals surface area (Å²) >= 11 is 0. The van der Waals surface area contributed by atoms with Crippen molar-refractivity contribution in [2.45, 2.75) is 162 Å². The summed E-state index contributed by atoms with van der Waals surface area (Å²) in [5, 5.41) is 10.0. The van der Waals surface area contributed by atoms with E-state index in [4.69, 9.17) is 24.2 Å².